The molecule has 6 nitrogen and oxygen atoms in total. The normalized spacial score (nSPS) is 15.8. The average molecular weight is 357 g/mol. The Morgan fingerprint density at radius 1 is 1.28 bits per heavy atom. The van der Waals surface area contributed by atoms with Crippen molar-refractivity contribution in [3.8, 4) is 11.5 Å². The molecule has 0 spiro atoms. The Morgan fingerprint density at radius 3 is 2.52 bits per heavy atom. The van der Waals surface area contributed by atoms with Gasteiger partial charge < -0.3 is 19.9 Å². The van der Waals surface area contributed by atoms with Crippen LogP contribution in [0.5, 0.6) is 11.5 Å². The van der Waals surface area contributed by atoms with Gasteiger partial charge in [0.05, 0.1) is 13.2 Å². The molecular weight excluding hydrogens is 336 g/mol. The Morgan fingerprint density at radius 2 is 1.96 bits per heavy atom. The van der Waals surface area contributed by atoms with Crippen LogP contribution in [0.1, 0.15) is 42.5 Å². The number of carbonyl (C=O) groups excluding carboxylic acids is 1. The summed E-state index contributed by atoms with van der Waals surface area (Å²) >= 11 is 0. The van der Waals surface area contributed by atoms with Gasteiger partial charge in [0.2, 0.25) is 6.43 Å². The number of carboxylic acids is 1. The fourth-order valence-corrected chi connectivity index (χ4v) is 2.74. The average Bonchev–Trinajstić information content (AvgIpc) is 3.06. The summed E-state index contributed by atoms with van der Waals surface area (Å²) in [5.74, 6) is -1.44. The van der Waals surface area contributed by atoms with Gasteiger partial charge in [0, 0.05) is 12.0 Å². The summed E-state index contributed by atoms with van der Waals surface area (Å²) in [5, 5.41) is 11.1. The SMILES string of the molecule is COc1ccc(C(=O)NC(CC(F)F)C(=O)O)cc1OC1CCCC1. The third-order valence-electron chi connectivity index (χ3n) is 4.04. The highest BCUT2D eigenvalue weighted by molar-refractivity contribution is 5.97. The standard InChI is InChI=1S/C17H21F2NO5/c1-24-13-7-6-10(8-14(13)25-11-4-2-3-5-11)16(21)20-12(17(22)23)9-15(18)19/h6-8,11-12,15H,2-5,9H2,1H3,(H,20,21)(H,22,23). The lowest BCUT2D eigenvalue weighted by Crippen LogP contribution is -2.42. The monoisotopic (exact) mass is 357 g/mol. The number of rotatable bonds is 8. The van der Waals surface area contributed by atoms with Gasteiger partial charge in [0.1, 0.15) is 6.04 Å². The van der Waals surface area contributed by atoms with Gasteiger partial charge in [0.15, 0.2) is 11.5 Å². The maximum atomic E-state index is 12.4. The Kier molecular flexibility index (Phi) is 6.55. The van der Waals surface area contributed by atoms with Crippen molar-refractivity contribution >= 4 is 11.9 Å². The predicted octanol–water partition coefficient (Wildman–Crippen LogP) is 2.85. The number of hydrogen-bond acceptors (Lipinski definition) is 4. The zero-order valence-electron chi connectivity index (χ0n) is 13.8. The van der Waals surface area contributed by atoms with Crippen molar-refractivity contribution in [1.29, 1.82) is 0 Å². The lowest BCUT2D eigenvalue weighted by Gasteiger charge is -2.18. The first-order valence-corrected chi connectivity index (χ1v) is 8.07. The van der Waals surface area contributed by atoms with Crippen molar-refractivity contribution in [3.05, 3.63) is 23.8 Å². The quantitative estimate of drug-likeness (QED) is 0.747. The van der Waals surface area contributed by atoms with Crippen molar-refractivity contribution in [3.63, 3.8) is 0 Å². The summed E-state index contributed by atoms with van der Waals surface area (Å²) in [4.78, 5) is 23.2. The van der Waals surface area contributed by atoms with Crippen LogP contribution in [0.25, 0.3) is 0 Å². The molecule has 25 heavy (non-hydrogen) atoms. The van der Waals surface area contributed by atoms with E-state index in [0.29, 0.717) is 11.5 Å². The van der Waals surface area contributed by atoms with Crippen LogP contribution in [0.3, 0.4) is 0 Å². The van der Waals surface area contributed by atoms with Gasteiger partial charge in [-0.1, -0.05) is 0 Å². The molecule has 1 atom stereocenters. The van der Waals surface area contributed by atoms with Crippen LogP contribution in [0.4, 0.5) is 8.78 Å². The van der Waals surface area contributed by atoms with Crippen molar-refractivity contribution in [2.75, 3.05) is 7.11 Å². The third-order valence-corrected chi connectivity index (χ3v) is 4.04. The topological polar surface area (TPSA) is 84.9 Å². The molecule has 1 aliphatic rings. The number of nitrogens with one attached hydrogen (secondary N) is 1. The number of alkyl halides is 2. The molecule has 0 heterocycles. The van der Waals surface area contributed by atoms with Gasteiger partial charge in [-0.3, -0.25) is 4.79 Å². The van der Waals surface area contributed by atoms with Crippen LogP contribution >= 0.6 is 0 Å². The Balaban J connectivity index is 2.14. The second-order valence-corrected chi connectivity index (χ2v) is 5.88. The molecule has 0 radical (unpaired) electrons. The molecule has 2 N–H and O–H groups in total. The lowest BCUT2D eigenvalue weighted by atomic mass is 10.1. The van der Waals surface area contributed by atoms with Gasteiger partial charge in [-0.25, -0.2) is 13.6 Å². The molecule has 1 aliphatic carbocycles. The number of benzene rings is 1. The van der Waals surface area contributed by atoms with Crippen LogP contribution < -0.4 is 14.8 Å². The number of aliphatic carboxylic acids is 1. The summed E-state index contributed by atoms with van der Waals surface area (Å²) in [5.41, 5.74) is 0.120. The van der Waals surface area contributed by atoms with Gasteiger partial charge in [-0.15, -0.1) is 0 Å². The summed E-state index contributed by atoms with van der Waals surface area (Å²) in [6.07, 6.45) is 0.214. The molecule has 0 bridgehead atoms. The Bertz CT molecular complexity index is 617. The van der Waals surface area contributed by atoms with E-state index in [9.17, 15) is 18.4 Å². The number of hydrogen-bond donors (Lipinski definition) is 2. The van der Waals surface area contributed by atoms with Crippen molar-refractivity contribution in [1.82, 2.24) is 5.32 Å². The van der Waals surface area contributed by atoms with Gasteiger partial charge in [-0.2, -0.15) is 0 Å². The summed E-state index contributed by atoms with van der Waals surface area (Å²) in [6, 6.07) is 2.74. The largest absolute Gasteiger partial charge is 0.493 e. The molecule has 1 aromatic rings. The first-order valence-electron chi connectivity index (χ1n) is 8.07. The van der Waals surface area contributed by atoms with E-state index in [1.807, 2.05) is 0 Å². The molecule has 8 heteroatoms. The lowest BCUT2D eigenvalue weighted by molar-refractivity contribution is -0.140. The highest BCUT2D eigenvalue weighted by atomic mass is 19.3. The molecule has 1 fully saturated rings. The fraction of sp³-hybridized carbons (Fsp3) is 0.529. The third kappa shape index (κ3) is 5.30. The number of carbonyl (C=O) groups is 2. The van der Waals surface area contributed by atoms with E-state index >= 15 is 0 Å². The highest BCUT2D eigenvalue weighted by Gasteiger charge is 2.25. The molecule has 1 saturated carbocycles. The van der Waals surface area contributed by atoms with Crippen LogP contribution in [0.2, 0.25) is 0 Å². The fourth-order valence-electron chi connectivity index (χ4n) is 2.74. The molecule has 1 unspecified atom stereocenters. The zero-order chi connectivity index (χ0) is 18.4. The van der Waals surface area contributed by atoms with Gasteiger partial charge in [0.25, 0.3) is 5.91 Å². The zero-order valence-corrected chi connectivity index (χ0v) is 13.8. The van der Waals surface area contributed by atoms with Crippen LogP contribution in [0, 0.1) is 0 Å². The Hall–Kier alpha value is -2.38. The highest BCUT2D eigenvalue weighted by Crippen LogP contribution is 2.32. The second kappa shape index (κ2) is 8.64. The minimum absolute atomic E-state index is 0.0396. The molecule has 0 saturated heterocycles. The predicted molar refractivity (Wildman–Crippen MR) is 85.4 cm³/mol. The molecule has 2 rings (SSSR count). The molecular formula is C17H21F2NO5. The minimum atomic E-state index is -2.83. The van der Waals surface area contributed by atoms with Gasteiger partial charge >= 0.3 is 5.97 Å². The summed E-state index contributed by atoms with van der Waals surface area (Å²) in [6.45, 7) is 0. The first kappa shape index (κ1) is 19.0. The van der Waals surface area contributed by atoms with Crippen molar-refractivity contribution in [2.24, 2.45) is 0 Å². The summed E-state index contributed by atoms with van der Waals surface area (Å²) < 4.78 is 36.0. The molecule has 0 aliphatic heterocycles. The Labute approximate surface area is 144 Å². The van der Waals surface area contributed by atoms with Crippen LogP contribution in [-0.2, 0) is 4.79 Å². The minimum Gasteiger partial charge on any atom is -0.493 e. The summed E-state index contributed by atoms with van der Waals surface area (Å²) in [7, 11) is 1.47. The number of halogens is 2. The maximum absolute atomic E-state index is 12.4. The number of methoxy groups -OCH3 is 1. The molecule has 1 aromatic carbocycles. The van der Waals surface area contributed by atoms with Gasteiger partial charge in [-0.05, 0) is 43.9 Å². The van der Waals surface area contributed by atoms with E-state index in [1.165, 1.54) is 25.3 Å². The molecule has 0 aromatic heterocycles. The van der Waals surface area contributed by atoms with E-state index < -0.39 is 30.8 Å². The number of carboxylic acid groups (broad SMARTS) is 1. The van der Waals surface area contributed by atoms with E-state index in [1.54, 1.807) is 0 Å². The van der Waals surface area contributed by atoms with Crippen LogP contribution in [-0.4, -0.2) is 42.7 Å². The molecule has 1 amide bonds. The van der Waals surface area contributed by atoms with Crippen molar-refractivity contribution in [2.45, 2.75) is 50.7 Å². The smallest absolute Gasteiger partial charge is 0.326 e. The van der Waals surface area contributed by atoms with Crippen LogP contribution in [0.15, 0.2) is 18.2 Å². The van der Waals surface area contributed by atoms with E-state index in [2.05, 4.69) is 5.32 Å². The van der Waals surface area contributed by atoms with Crippen molar-refractivity contribution < 1.29 is 33.0 Å². The van der Waals surface area contributed by atoms with E-state index in [4.69, 9.17) is 14.6 Å². The number of amides is 1. The number of ether oxygens (including phenoxy) is 2. The molecule has 138 valence electrons. The van der Waals surface area contributed by atoms with E-state index in [0.717, 1.165) is 25.7 Å². The van der Waals surface area contributed by atoms with E-state index in [-0.39, 0.29) is 11.7 Å². The second-order valence-electron chi connectivity index (χ2n) is 5.88. The maximum Gasteiger partial charge on any atom is 0.326 e. The first-order chi connectivity index (χ1) is 11.9.